The minimum Gasteiger partial charge on any atom is -0.382 e. The summed E-state index contributed by atoms with van der Waals surface area (Å²) in [5.41, 5.74) is 0.711. The number of hydrogen-bond acceptors (Lipinski definition) is 2. The molecular formula is C11H10F2N2O. The Morgan fingerprint density at radius 3 is 2.62 bits per heavy atom. The molecule has 0 spiro atoms. The number of imidazole rings is 1. The number of aliphatic hydroxyl groups is 1. The number of benzene rings is 1. The van der Waals surface area contributed by atoms with Gasteiger partial charge < -0.3 is 10.1 Å². The SMILES string of the molecule is OC(c1cccc(C(F)F)c1)c1c[nH]cn1. The van der Waals surface area contributed by atoms with Crippen molar-refractivity contribution in [3.8, 4) is 0 Å². The fourth-order valence-electron chi connectivity index (χ4n) is 1.46. The predicted octanol–water partition coefficient (Wildman–Crippen LogP) is 2.43. The summed E-state index contributed by atoms with van der Waals surface area (Å²) >= 11 is 0. The molecule has 0 saturated heterocycles. The number of nitrogens with one attached hydrogen (secondary N) is 1. The van der Waals surface area contributed by atoms with Crippen molar-refractivity contribution in [3.05, 3.63) is 53.6 Å². The minimum atomic E-state index is -2.54. The molecule has 0 aliphatic carbocycles. The Labute approximate surface area is 90.8 Å². The highest BCUT2D eigenvalue weighted by molar-refractivity contribution is 5.29. The monoisotopic (exact) mass is 224 g/mol. The van der Waals surface area contributed by atoms with Crippen LogP contribution in [0.4, 0.5) is 8.78 Å². The molecule has 0 fully saturated rings. The van der Waals surface area contributed by atoms with E-state index in [-0.39, 0.29) is 5.56 Å². The van der Waals surface area contributed by atoms with E-state index in [1.165, 1.54) is 30.7 Å². The van der Waals surface area contributed by atoms with Crippen LogP contribution in [0.15, 0.2) is 36.8 Å². The number of rotatable bonds is 3. The molecular weight excluding hydrogens is 214 g/mol. The fraction of sp³-hybridized carbons (Fsp3) is 0.182. The Balaban J connectivity index is 2.30. The van der Waals surface area contributed by atoms with Crippen molar-refractivity contribution in [2.45, 2.75) is 12.5 Å². The molecule has 84 valence electrons. The maximum Gasteiger partial charge on any atom is 0.263 e. The van der Waals surface area contributed by atoms with Gasteiger partial charge in [0.1, 0.15) is 6.10 Å². The Morgan fingerprint density at radius 2 is 2.00 bits per heavy atom. The van der Waals surface area contributed by atoms with E-state index in [1.54, 1.807) is 6.07 Å². The van der Waals surface area contributed by atoms with E-state index in [4.69, 9.17) is 0 Å². The standard InChI is InChI=1S/C11H10F2N2O/c12-11(13)8-3-1-2-7(4-8)10(16)9-5-14-6-15-9/h1-6,10-11,16H,(H,14,15). The average Bonchev–Trinajstić information content (AvgIpc) is 2.81. The first-order valence-electron chi connectivity index (χ1n) is 4.73. The zero-order valence-electron chi connectivity index (χ0n) is 8.27. The maximum atomic E-state index is 12.4. The summed E-state index contributed by atoms with van der Waals surface area (Å²) in [4.78, 5) is 6.57. The van der Waals surface area contributed by atoms with E-state index >= 15 is 0 Å². The number of halogens is 2. The smallest absolute Gasteiger partial charge is 0.263 e. The zero-order chi connectivity index (χ0) is 11.5. The molecule has 1 atom stereocenters. The first kappa shape index (κ1) is 10.8. The normalized spacial score (nSPS) is 13.0. The number of nitrogens with zero attached hydrogens (tertiary/aromatic N) is 1. The summed E-state index contributed by atoms with van der Waals surface area (Å²) in [5, 5.41) is 9.86. The fourth-order valence-corrected chi connectivity index (χ4v) is 1.46. The van der Waals surface area contributed by atoms with Gasteiger partial charge in [-0.2, -0.15) is 0 Å². The highest BCUT2D eigenvalue weighted by atomic mass is 19.3. The summed E-state index contributed by atoms with van der Waals surface area (Å²) in [6, 6.07) is 5.69. The van der Waals surface area contributed by atoms with Crippen LogP contribution in [0.25, 0.3) is 0 Å². The molecule has 1 aromatic heterocycles. The Morgan fingerprint density at radius 1 is 1.25 bits per heavy atom. The summed E-state index contributed by atoms with van der Waals surface area (Å²) in [7, 11) is 0. The summed E-state index contributed by atoms with van der Waals surface area (Å²) in [6.07, 6.45) is -0.564. The molecule has 5 heteroatoms. The molecule has 1 unspecified atom stereocenters. The van der Waals surface area contributed by atoms with Gasteiger partial charge in [0.25, 0.3) is 6.43 Å². The molecule has 16 heavy (non-hydrogen) atoms. The molecule has 2 N–H and O–H groups in total. The lowest BCUT2D eigenvalue weighted by Gasteiger charge is -2.09. The topological polar surface area (TPSA) is 48.9 Å². The highest BCUT2D eigenvalue weighted by Gasteiger charge is 2.14. The third-order valence-electron chi connectivity index (χ3n) is 2.28. The first-order chi connectivity index (χ1) is 7.68. The van der Waals surface area contributed by atoms with Gasteiger partial charge >= 0.3 is 0 Å². The van der Waals surface area contributed by atoms with Crippen molar-refractivity contribution >= 4 is 0 Å². The van der Waals surface area contributed by atoms with Crippen molar-refractivity contribution in [2.24, 2.45) is 0 Å². The Kier molecular flexibility index (Phi) is 2.96. The van der Waals surface area contributed by atoms with Gasteiger partial charge in [-0.15, -0.1) is 0 Å². The van der Waals surface area contributed by atoms with Crippen LogP contribution in [0.2, 0.25) is 0 Å². The minimum absolute atomic E-state index is 0.105. The van der Waals surface area contributed by atoms with Gasteiger partial charge in [0.05, 0.1) is 12.0 Å². The molecule has 2 rings (SSSR count). The lowest BCUT2D eigenvalue weighted by molar-refractivity contribution is 0.150. The third kappa shape index (κ3) is 2.09. The van der Waals surface area contributed by atoms with Crippen molar-refractivity contribution in [2.75, 3.05) is 0 Å². The van der Waals surface area contributed by atoms with E-state index in [1.807, 2.05) is 0 Å². The number of aliphatic hydroxyl groups excluding tert-OH is 1. The van der Waals surface area contributed by atoms with Crippen LogP contribution in [-0.2, 0) is 0 Å². The van der Waals surface area contributed by atoms with Crippen LogP contribution in [-0.4, -0.2) is 15.1 Å². The second-order valence-corrected chi connectivity index (χ2v) is 3.37. The summed E-state index contributed by atoms with van der Waals surface area (Å²) in [5.74, 6) is 0. The molecule has 3 nitrogen and oxygen atoms in total. The van der Waals surface area contributed by atoms with Gasteiger partial charge in [0.15, 0.2) is 0 Å². The van der Waals surface area contributed by atoms with Crippen LogP contribution < -0.4 is 0 Å². The second-order valence-electron chi connectivity index (χ2n) is 3.37. The number of aromatic amines is 1. The van der Waals surface area contributed by atoms with E-state index in [2.05, 4.69) is 9.97 Å². The van der Waals surface area contributed by atoms with Crippen LogP contribution in [0.3, 0.4) is 0 Å². The molecule has 0 radical (unpaired) electrons. The van der Waals surface area contributed by atoms with Crippen LogP contribution >= 0.6 is 0 Å². The molecule has 0 aliphatic heterocycles. The van der Waals surface area contributed by atoms with E-state index in [9.17, 15) is 13.9 Å². The quantitative estimate of drug-likeness (QED) is 0.841. The molecule has 0 aliphatic rings. The number of aromatic nitrogens is 2. The van der Waals surface area contributed by atoms with E-state index in [0.717, 1.165) is 0 Å². The summed E-state index contributed by atoms with van der Waals surface area (Å²) < 4.78 is 24.9. The lowest BCUT2D eigenvalue weighted by Crippen LogP contribution is -2.00. The largest absolute Gasteiger partial charge is 0.382 e. The lowest BCUT2D eigenvalue weighted by atomic mass is 10.0. The zero-order valence-corrected chi connectivity index (χ0v) is 8.27. The average molecular weight is 224 g/mol. The third-order valence-corrected chi connectivity index (χ3v) is 2.28. The number of H-pyrrole nitrogens is 1. The number of alkyl halides is 2. The van der Waals surface area contributed by atoms with Gasteiger partial charge in [-0.3, -0.25) is 0 Å². The van der Waals surface area contributed by atoms with Gasteiger partial charge in [-0.05, 0) is 11.6 Å². The van der Waals surface area contributed by atoms with Crippen LogP contribution in [0.1, 0.15) is 29.4 Å². The molecule has 0 amide bonds. The second kappa shape index (κ2) is 4.40. The maximum absolute atomic E-state index is 12.4. The van der Waals surface area contributed by atoms with Crippen LogP contribution in [0.5, 0.6) is 0 Å². The Bertz CT molecular complexity index is 457. The van der Waals surface area contributed by atoms with Crippen molar-refractivity contribution < 1.29 is 13.9 Å². The van der Waals surface area contributed by atoms with E-state index < -0.39 is 12.5 Å². The number of hydrogen-bond donors (Lipinski definition) is 2. The van der Waals surface area contributed by atoms with Crippen molar-refractivity contribution in [1.82, 2.24) is 9.97 Å². The molecule has 0 bridgehead atoms. The summed E-state index contributed by atoms with van der Waals surface area (Å²) in [6.45, 7) is 0. The Hall–Kier alpha value is -1.75. The molecule has 1 heterocycles. The molecule has 0 saturated carbocycles. The van der Waals surface area contributed by atoms with Crippen LogP contribution in [0, 0.1) is 0 Å². The van der Waals surface area contributed by atoms with Crippen molar-refractivity contribution in [1.29, 1.82) is 0 Å². The molecule has 2 aromatic rings. The first-order valence-corrected chi connectivity index (χ1v) is 4.73. The van der Waals surface area contributed by atoms with E-state index in [0.29, 0.717) is 11.3 Å². The van der Waals surface area contributed by atoms with Gasteiger partial charge in [0.2, 0.25) is 0 Å². The molecule has 1 aromatic carbocycles. The predicted molar refractivity (Wildman–Crippen MR) is 54.0 cm³/mol. The van der Waals surface area contributed by atoms with Crippen molar-refractivity contribution in [3.63, 3.8) is 0 Å². The van der Waals surface area contributed by atoms with Gasteiger partial charge in [-0.25, -0.2) is 13.8 Å². The highest BCUT2D eigenvalue weighted by Crippen LogP contribution is 2.25. The van der Waals surface area contributed by atoms with Gasteiger partial charge in [-0.1, -0.05) is 18.2 Å². The van der Waals surface area contributed by atoms with Gasteiger partial charge in [0, 0.05) is 11.8 Å².